The first-order valence-corrected chi connectivity index (χ1v) is 6.27. The minimum atomic E-state index is -0.766. The number of halogens is 1. The molecule has 1 unspecified atom stereocenters. The molecule has 1 heterocycles. The van der Waals surface area contributed by atoms with Crippen molar-refractivity contribution in [2.24, 2.45) is 0 Å². The predicted molar refractivity (Wildman–Crippen MR) is 67.5 cm³/mol. The molecule has 1 N–H and O–H groups in total. The number of alkyl carbamates (subject to hydrolysis) is 1. The van der Waals surface area contributed by atoms with Gasteiger partial charge in [0.2, 0.25) is 0 Å². The summed E-state index contributed by atoms with van der Waals surface area (Å²) in [7, 11) is 0. The van der Waals surface area contributed by atoms with E-state index in [9.17, 15) is 9.59 Å². The van der Waals surface area contributed by atoms with Gasteiger partial charge in [0, 0.05) is 0 Å². The van der Waals surface area contributed by atoms with E-state index < -0.39 is 17.7 Å². The average molecular weight is 276 g/mol. The normalized spacial score (nSPS) is 12.9. The van der Waals surface area contributed by atoms with Crippen LogP contribution in [0.15, 0.2) is 11.4 Å². The standard InChI is InChI=1S/C11H14ClNO3S/c1-11(2,3)16-10(15)13-8(6-14)9-7(12)4-5-17-9/h4-6,8H,1-3H3,(H,13,15). The third-order valence-electron chi connectivity index (χ3n) is 1.74. The van der Waals surface area contributed by atoms with Gasteiger partial charge in [-0.1, -0.05) is 11.6 Å². The van der Waals surface area contributed by atoms with E-state index in [0.717, 1.165) is 0 Å². The van der Waals surface area contributed by atoms with E-state index in [-0.39, 0.29) is 0 Å². The molecule has 6 heteroatoms. The van der Waals surface area contributed by atoms with Gasteiger partial charge in [-0.3, -0.25) is 0 Å². The first-order valence-electron chi connectivity index (χ1n) is 5.01. The van der Waals surface area contributed by atoms with Crippen LogP contribution < -0.4 is 5.32 Å². The largest absolute Gasteiger partial charge is 0.444 e. The molecule has 0 saturated carbocycles. The van der Waals surface area contributed by atoms with Crippen LogP contribution in [0.25, 0.3) is 0 Å². The smallest absolute Gasteiger partial charge is 0.408 e. The number of thiophene rings is 1. The molecule has 1 atom stereocenters. The van der Waals surface area contributed by atoms with Gasteiger partial charge in [0.25, 0.3) is 0 Å². The second-order valence-corrected chi connectivity index (χ2v) is 5.75. The van der Waals surface area contributed by atoms with Crippen molar-refractivity contribution in [2.75, 3.05) is 0 Å². The van der Waals surface area contributed by atoms with Gasteiger partial charge in [-0.05, 0) is 32.2 Å². The molecule has 0 saturated heterocycles. The molecular weight excluding hydrogens is 262 g/mol. The molecule has 1 aromatic heterocycles. The monoisotopic (exact) mass is 275 g/mol. The zero-order chi connectivity index (χ0) is 13.1. The first kappa shape index (κ1) is 14.0. The Morgan fingerprint density at radius 3 is 2.65 bits per heavy atom. The topological polar surface area (TPSA) is 55.4 Å². The Kier molecular flexibility index (Phi) is 4.54. The van der Waals surface area contributed by atoms with Crippen LogP contribution in [0.2, 0.25) is 5.02 Å². The summed E-state index contributed by atoms with van der Waals surface area (Å²) in [6.07, 6.45) is -0.0131. The number of hydrogen-bond donors (Lipinski definition) is 1. The van der Waals surface area contributed by atoms with Crippen molar-refractivity contribution in [3.8, 4) is 0 Å². The zero-order valence-electron chi connectivity index (χ0n) is 9.82. The molecule has 1 aromatic rings. The second kappa shape index (κ2) is 5.51. The maximum atomic E-state index is 11.5. The minimum Gasteiger partial charge on any atom is -0.444 e. The summed E-state index contributed by atoms with van der Waals surface area (Å²) >= 11 is 7.20. The van der Waals surface area contributed by atoms with Gasteiger partial charge in [0.05, 0.1) is 9.90 Å². The fraction of sp³-hybridized carbons (Fsp3) is 0.455. The van der Waals surface area contributed by atoms with Crippen molar-refractivity contribution in [3.05, 3.63) is 21.3 Å². The highest BCUT2D eigenvalue weighted by Crippen LogP contribution is 2.27. The number of hydrogen-bond acceptors (Lipinski definition) is 4. The summed E-state index contributed by atoms with van der Waals surface area (Å²) < 4.78 is 5.06. The van der Waals surface area contributed by atoms with Crippen molar-refractivity contribution >= 4 is 35.3 Å². The summed E-state index contributed by atoms with van der Waals surface area (Å²) in [5.41, 5.74) is -0.600. The van der Waals surface area contributed by atoms with Crippen LogP contribution in [-0.2, 0) is 9.53 Å². The van der Waals surface area contributed by atoms with Crippen LogP contribution in [-0.4, -0.2) is 18.0 Å². The van der Waals surface area contributed by atoms with Gasteiger partial charge in [-0.15, -0.1) is 11.3 Å². The summed E-state index contributed by atoms with van der Waals surface area (Å²) in [5, 5.41) is 4.68. The highest BCUT2D eigenvalue weighted by molar-refractivity contribution is 7.10. The Labute approximate surface area is 109 Å². The molecular formula is C11H14ClNO3S. The summed E-state index contributed by atoms with van der Waals surface area (Å²) in [6.45, 7) is 5.25. The lowest BCUT2D eigenvalue weighted by Crippen LogP contribution is -2.35. The third-order valence-corrected chi connectivity index (χ3v) is 3.18. The number of ether oxygens (including phenoxy) is 1. The lowest BCUT2D eigenvalue weighted by Gasteiger charge is -2.21. The predicted octanol–water partition coefficient (Wildman–Crippen LogP) is 3.17. The molecule has 4 nitrogen and oxygen atoms in total. The maximum absolute atomic E-state index is 11.5. The Balaban J connectivity index is 2.69. The van der Waals surface area contributed by atoms with Gasteiger partial charge >= 0.3 is 6.09 Å². The molecule has 0 aromatic carbocycles. The Bertz CT molecular complexity index is 411. The van der Waals surface area contributed by atoms with Gasteiger partial charge in [0.15, 0.2) is 0 Å². The van der Waals surface area contributed by atoms with E-state index in [2.05, 4.69) is 5.32 Å². The van der Waals surface area contributed by atoms with E-state index in [0.29, 0.717) is 16.2 Å². The number of carbonyl (C=O) groups excluding carboxylic acids is 2. The number of amides is 1. The molecule has 0 aliphatic carbocycles. The van der Waals surface area contributed by atoms with E-state index in [1.807, 2.05) is 0 Å². The number of nitrogens with one attached hydrogen (secondary N) is 1. The van der Waals surface area contributed by atoms with Gasteiger partial charge in [-0.2, -0.15) is 0 Å². The summed E-state index contributed by atoms with van der Waals surface area (Å²) in [5.74, 6) is 0. The second-order valence-electron chi connectivity index (χ2n) is 4.39. The maximum Gasteiger partial charge on any atom is 0.408 e. The van der Waals surface area contributed by atoms with Crippen LogP contribution in [0.1, 0.15) is 31.7 Å². The van der Waals surface area contributed by atoms with Crippen molar-refractivity contribution < 1.29 is 14.3 Å². The molecule has 0 aliphatic heterocycles. The highest BCUT2D eigenvalue weighted by atomic mass is 35.5. The fourth-order valence-corrected chi connectivity index (χ4v) is 2.30. The van der Waals surface area contributed by atoms with E-state index >= 15 is 0 Å². The molecule has 1 rings (SSSR count). The van der Waals surface area contributed by atoms with Gasteiger partial charge < -0.3 is 14.8 Å². The molecule has 0 spiro atoms. The van der Waals surface area contributed by atoms with Crippen LogP contribution >= 0.6 is 22.9 Å². The zero-order valence-corrected chi connectivity index (χ0v) is 11.4. The van der Waals surface area contributed by atoms with E-state index in [1.54, 1.807) is 32.2 Å². The quantitative estimate of drug-likeness (QED) is 0.862. The molecule has 0 aliphatic rings. The Morgan fingerprint density at radius 2 is 2.24 bits per heavy atom. The number of aldehydes is 1. The molecule has 0 radical (unpaired) electrons. The average Bonchev–Trinajstić information content (AvgIpc) is 2.58. The Morgan fingerprint density at radius 1 is 1.59 bits per heavy atom. The molecule has 0 bridgehead atoms. The number of carbonyl (C=O) groups is 2. The van der Waals surface area contributed by atoms with Crippen molar-refractivity contribution in [1.82, 2.24) is 5.32 Å². The van der Waals surface area contributed by atoms with E-state index in [4.69, 9.17) is 16.3 Å². The van der Waals surface area contributed by atoms with Crippen molar-refractivity contribution in [3.63, 3.8) is 0 Å². The van der Waals surface area contributed by atoms with Crippen LogP contribution in [0, 0.1) is 0 Å². The van der Waals surface area contributed by atoms with Crippen molar-refractivity contribution in [1.29, 1.82) is 0 Å². The molecule has 17 heavy (non-hydrogen) atoms. The lowest BCUT2D eigenvalue weighted by molar-refractivity contribution is -0.109. The molecule has 94 valence electrons. The fourth-order valence-electron chi connectivity index (χ4n) is 1.12. The van der Waals surface area contributed by atoms with E-state index in [1.165, 1.54) is 11.3 Å². The third kappa shape index (κ3) is 4.36. The van der Waals surface area contributed by atoms with Gasteiger partial charge in [-0.25, -0.2) is 4.79 Å². The van der Waals surface area contributed by atoms with Crippen molar-refractivity contribution in [2.45, 2.75) is 32.4 Å². The number of rotatable bonds is 3. The molecule has 1 amide bonds. The van der Waals surface area contributed by atoms with Gasteiger partial charge in [0.1, 0.15) is 17.9 Å². The van der Waals surface area contributed by atoms with Crippen LogP contribution in [0.3, 0.4) is 0 Å². The highest BCUT2D eigenvalue weighted by Gasteiger charge is 2.22. The Hall–Kier alpha value is -1.07. The first-order chi connectivity index (χ1) is 7.83. The lowest BCUT2D eigenvalue weighted by atomic mass is 10.2. The SMILES string of the molecule is CC(C)(C)OC(=O)NC(C=O)c1sccc1Cl. The van der Waals surface area contributed by atoms with Crippen LogP contribution in [0.5, 0.6) is 0 Å². The molecule has 0 fully saturated rings. The summed E-state index contributed by atoms with van der Waals surface area (Å²) in [4.78, 5) is 23.0. The van der Waals surface area contributed by atoms with Crippen LogP contribution in [0.4, 0.5) is 4.79 Å². The minimum absolute atomic E-state index is 0.461. The summed E-state index contributed by atoms with van der Waals surface area (Å²) in [6, 6.07) is 0.909.